The van der Waals surface area contributed by atoms with Crippen molar-refractivity contribution in [2.75, 3.05) is 25.3 Å². The molecule has 0 aliphatic carbocycles. The van der Waals surface area contributed by atoms with Crippen molar-refractivity contribution in [3.63, 3.8) is 0 Å². The zero-order chi connectivity index (χ0) is 22.8. The lowest BCUT2D eigenvalue weighted by atomic mass is 10.0. The van der Waals surface area contributed by atoms with Gasteiger partial charge in [-0.2, -0.15) is 0 Å². The summed E-state index contributed by atoms with van der Waals surface area (Å²) in [6.45, 7) is 6.30. The Balaban J connectivity index is 1.41. The van der Waals surface area contributed by atoms with Gasteiger partial charge in [0.15, 0.2) is 23.0 Å². The number of hydrogen-bond acceptors (Lipinski definition) is 6. The molecular formula is C24H28N2O6. The molecule has 4 rings (SSSR count). The Hall–Kier alpha value is -3.42. The third-order valence-corrected chi connectivity index (χ3v) is 5.57. The van der Waals surface area contributed by atoms with Crippen molar-refractivity contribution in [2.45, 2.75) is 39.3 Å². The summed E-state index contributed by atoms with van der Waals surface area (Å²) in [5, 5.41) is 3.03. The van der Waals surface area contributed by atoms with Crippen LogP contribution in [0, 0.1) is 5.92 Å². The Labute approximate surface area is 187 Å². The molecule has 2 amide bonds. The number of carbonyl (C=O) groups is 2. The van der Waals surface area contributed by atoms with Crippen LogP contribution < -0.4 is 29.2 Å². The largest absolute Gasteiger partial charge is 0.493 e. The van der Waals surface area contributed by atoms with Crippen molar-refractivity contribution in [1.29, 1.82) is 0 Å². The number of rotatable bonds is 7. The SMILES string of the molecule is COc1cc(C(C)NC(=O)C2CC(=O)N(c3ccc4c(c3)OCO4)C2)ccc1OC(C)C. The van der Waals surface area contributed by atoms with Crippen LogP contribution in [0.2, 0.25) is 0 Å². The maximum Gasteiger partial charge on any atom is 0.231 e. The summed E-state index contributed by atoms with van der Waals surface area (Å²) >= 11 is 0. The van der Waals surface area contributed by atoms with Gasteiger partial charge in [-0.05, 0) is 50.6 Å². The van der Waals surface area contributed by atoms with Crippen molar-refractivity contribution in [3.8, 4) is 23.0 Å². The van der Waals surface area contributed by atoms with Crippen LogP contribution in [0.3, 0.4) is 0 Å². The molecule has 0 radical (unpaired) electrons. The molecule has 2 heterocycles. The zero-order valence-electron chi connectivity index (χ0n) is 18.7. The maximum absolute atomic E-state index is 12.9. The first-order chi connectivity index (χ1) is 15.4. The van der Waals surface area contributed by atoms with E-state index in [0.717, 1.165) is 5.56 Å². The first-order valence-corrected chi connectivity index (χ1v) is 10.7. The fraction of sp³-hybridized carbons (Fsp3) is 0.417. The predicted octanol–water partition coefficient (Wildman–Crippen LogP) is 3.44. The lowest BCUT2D eigenvalue weighted by Crippen LogP contribution is -2.34. The molecule has 2 aliphatic heterocycles. The van der Waals surface area contributed by atoms with Crippen LogP contribution in [0.5, 0.6) is 23.0 Å². The number of amides is 2. The number of methoxy groups -OCH3 is 1. The minimum absolute atomic E-state index is 0.0273. The number of anilines is 1. The molecule has 8 heteroatoms. The molecule has 2 aromatic carbocycles. The van der Waals surface area contributed by atoms with E-state index in [1.54, 1.807) is 30.2 Å². The summed E-state index contributed by atoms with van der Waals surface area (Å²) in [5.74, 6) is 1.86. The van der Waals surface area contributed by atoms with Gasteiger partial charge in [0.2, 0.25) is 18.6 Å². The molecule has 2 aliphatic rings. The quantitative estimate of drug-likeness (QED) is 0.710. The van der Waals surface area contributed by atoms with Gasteiger partial charge in [0.1, 0.15) is 0 Å². The molecule has 170 valence electrons. The third-order valence-electron chi connectivity index (χ3n) is 5.57. The van der Waals surface area contributed by atoms with E-state index < -0.39 is 5.92 Å². The van der Waals surface area contributed by atoms with Gasteiger partial charge in [0.25, 0.3) is 0 Å². The smallest absolute Gasteiger partial charge is 0.231 e. The van der Waals surface area contributed by atoms with Crippen molar-refractivity contribution >= 4 is 17.5 Å². The number of nitrogens with one attached hydrogen (secondary N) is 1. The molecule has 1 fully saturated rings. The average Bonchev–Trinajstić information content (AvgIpc) is 3.39. The molecule has 2 aromatic rings. The minimum atomic E-state index is -0.430. The van der Waals surface area contributed by atoms with E-state index in [1.807, 2.05) is 39.0 Å². The molecule has 0 saturated carbocycles. The molecule has 0 spiro atoms. The predicted molar refractivity (Wildman–Crippen MR) is 118 cm³/mol. The number of carbonyl (C=O) groups excluding carboxylic acids is 2. The Morgan fingerprint density at radius 3 is 2.62 bits per heavy atom. The second-order valence-electron chi connectivity index (χ2n) is 8.25. The molecule has 2 atom stereocenters. The van der Waals surface area contributed by atoms with E-state index in [4.69, 9.17) is 18.9 Å². The highest BCUT2D eigenvalue weighted by atomic mass is 16.7. The first-order valence-electron chi connectivity index (χ1n) is 10.7. The lowest BCUT2D eigenvalue weighted by Gasteiger charge is -2.20. The molecule has 32 heavy (non-hydrogen) atoms. The van der Waals surface area contributed by atoms with E-state index in [0.29, 0.717) is 35.2 Å². The normalized spacial score (nSPS) is 18.1. The van der Waals surface area contributed by atoms with Crippen LogP contribution in [0.15, 0.2) is 36.4 Å². The maximum atomic E-state index is 12.9. The highest BCUT2D eigenvalue weighted by molar-refractivity contribution is 6.00. The van der Waals surface area contributed by atoms with Gasteiger partial charge in [-0.15, -0.1) is 0 Å². The zero-order valence-corrected chi connectivity index (χ0v) is 18.7. The highest BCUT2D eigenvalue weighted by Crippen LogP contribution is 2.37. The fourth-order valence-corrected chi connectivity index (χ4v) is 3.91. The Bertz CT molecular complexity index is 1020. The van der Waals surface area contributed by atoms with E-state index in [1.165, 1.54) is 0 Å². The van der Waals surface area contributed by atoms with E-state index >= 15 is 0 Å². The van der Waals surface area contributed by atoms with Crippen LogP contribution in [-0.4, -0.2) is 38.4 Å². The summed E-state index contributed by atoms with van der Waals surface area (Å²) in [6.07, 6.45) is 0.191. The van der Waals surface area contributed by atoms with Gasteiger partial charge < -0.3 is 29.2 Å². The molecule has 1 saturated heterocycles. The molecule has 1 N–H and O–H groups in total. The van der Waals surface area contributed by atoms with Gasteiger partial charge in [-0.3, -0.25) is 9.59 Å². The lowest BCUT2D eigenvalue weighted by molar-refractivity contribution is -0.126. The van der Waals surface area contributed by atoms with Crippen LogP contribution in [0.4, 0.5) is 5.69 Å². The highest BCUT2D eigenvalue weighted by Gasteiger charge is 2.36. The van der Waals surface area contributed by atoms with E-state index in [-0.39, 0.29) is 37.2 Å². The number of fused-ring (bicyclic) bond motifs is 1. The second kappa shape index (κ2) is 8.98. The van der Waals surface area contributed by atoms with Gasteiger partial charge in [0, 0.05) is 24.7 Å². The molecule has 0 bridgehead atoms. The second-order valence-corrected chi connectivity index (χ2v) is 8.25. The molecule has 8 nitrogen and oxygen atoms in total. The van der Waals surface area contributed by atoms with Gasteiger partial charge in [0.05, 0.1) is 25.2 Å². The number of nitrogens with zero attached hydrogens (tertiary/aromatic N) is 1. The summed E-state index contributed by atoms with van der Waals surface area (Å²) in [7, 11) is 1.59. The van der Waals surface area contributed by atoms with Crippen molar-refractivity contribution in [1.82, 2.24) is 5.32 Å². The van der Waals surface area contributed by atoms with Crippen LogP contribution in [-0.2, 0) is 9.59 Å². The van der Waals surface area contributed by atoms with Gasteiger partial charge >= 0.3 is 0 Å². The van der Waals surface area contributed by atoms with E-state index in [9.17, 15) is 9.59 Å². The summed E-state index contributed by atoms with van der Waals surface area (Å²) in [6, 6.07) is 10.7. The molecular weight excluding hydrogens is 412 g/mol. The number of hydrogen-bond donors (Lipinski definition) is 1. The van der Waals surface area contributed by atoms with Crippen LogP contribution in [0.1, 0.15) is 38.8 Å². The first kappa shape index (κ1) is 21.8. The fourth-order valence-electron chi connectivity index (χ4n) is 3.91. The summed E-state index contributed by atoms with van der Waals surface area (Å²) in [4.78, 5) is 27.1. The van der Waals surface area contributed by atoms with Gasteiger partial charge in [-0.1, -0.05) is 6.07 Å². The monoisotopic (exact) mass is 440 g/mol. The van der Waals surface area contributed by atoms with Crippen molar-refractivity contribution < 1.29 is 28.5 Å². The van der Waals surface area contributed by atoms with E-state index in [2.05, 4.69) is 5.32 Å². The Morgan fingerprint density at radius 2 is 1.88 bits per heavy atom. The molecule has 0 aromatic heterocycles. The Morgan fingerprint density at radius 1 is 1.09 bits per heavy atom. The third kappa shape index (κ3) is 4.44. The summed E-state index contributed by atoms with van der Waals surface area (Å²) in [5.41, 5.74) is 1.59. The minimum Gasteiger partial charge on any atom is -0.493 e. The van der Waals surface area contributed by atoms with Crippen molar-refractivity contribution in [2.24, 2.45) is 5.92 Å². The average molecular weight is 440 g/mol. The number of ether oxygens (including phenoxy) is 4. The number of benzene rings is 2. The standard InChI is InChI=1S/C24H28N2O6/c1-14(2)32-20-7-5-16(9-21(20)29-4)15(3)25-24(28)17-10-23(27)26(12-17)18-6-8-19-22(11-18)31-13-30-19/h5-9,11,14-15,17H,10,12-13H2,1-4H3,(H,25,28). The Kier molecular flexibility index (Phi) is 6.12. The van der Waals surface area contributed by atoms with Crippen LogP contribution in [0.25, 0.3) is 0 Å². The van der Waals surface area contributed by atoms with Crippen LogP contribution >= 0.6 is 0 Å². The van der Waals surface area contributed by atoms with Crippen molar-refractivity contribution in [3.05, 3.63) is 42.0 Å². The van der Waals surface area contributed by atoms with Gasteiger partial charge in [-0.25, -0.2) is 0 Å². The molecule has 2 unspecified atom stereocenters. The summed E-state index contributed by atoms with van der Waals surface area (Å²) < 4.78 is 21.9. The topological polar surface area (TPSA) is 86.3 Å².